The molecule has 1 saturated heterocycles. The maximum absolute atomic E-state index is 12.8. The van der Waals surface area contributed by atoms with Gasteiger partial charge in [-0.05, 0) is 17.5 Å². The number of hydrogen-bond donors (Lipinski definition) is 2. The van der Waals surface area contributed by atoms with Gasteiger partial charge in [-0.1, -0.05) is 61.5 Å². The molecule has 0 aliphatic carbocycles. The first-order chi connectivity index (χ1) is 14.1. The van der Waals surface area contributed by atoms with Crippen LogP contribution in [-0.2, 0) is 20.7 Å². The summed E-state index contributed by atoms with van der Waals surface area (Å²) in [5, 5.41) is 19.8. The van der Waals surface area contributed by atoms with E-state index in [0.29, 0.717) is 5.56 Å². The van der Waals surface area contributed by atoms with Crippen LogP contribution in [0.15, 0.2) is 60.2 Å². The molecular weight excluding hydrogens is 370 g/mol. The van der Waals surface area contributed by atoms with Crippen molar-refractivity contribution in [3.8, 4) is 0 Å². The van der Waals surface area contributed by atoms with Gasteiger partial charge in [0.05, 0.1) is 31.4 Å². The number of likely N-dealkylation sites (tertiary alicyclic amines) is 1. The highest BCUT2D eigenvalue weighted by Gasteiger charge is 2.45. The topological polar surface area (TPSA) is 87.1 Å². The van der Waals surface area contributed by atoms with Gasteiger partial charge in [-0.2, -0.15) is 0 Å². The summed E-state index contributed by atoms with van der Waals surface area (Å²) in [5.74, 6) is -1.56. The summed E-state index contributed by atoms with van der Waals surface area (Å²) >= 11 is 0. The van der Waals surface area contributed by atoms with Crippen molar-refractivity contribution in [1.82, 2.24) is 4.90 Å². The van der Waals surface area contributed by atoms with Gasteiger partial charge in [-0.25, -0.2) is 0 Å². The van der Waals surface area contributed by atoms with Crippen LogP contribution in [0.2, 0.25) is 0 Å². The minimum absolute atomic E-state index is 0.0765. The van der Waals surface area contributed by atoms with Crippen LogP contribution in [0.4, 0.5) is 0 Å². The molecule has 1 aliphatic rings. The lowest BCUT2D eigenvalue weighted by Crippen LogP contribution is -2.33. The van der Waals surface area contributed by atoms with Gasteiger partial charge >= 0.3 is 0 Å². The molecule has 1 unspecified atom stereocenters. The van der Waals surface area contributed by atoms with Crippen molar-refractivity contribution < 1.29 is 24.5 Å². The van der Waals surface area contributed by atoms with Gasteiger partial charge in [0.25, 0.3) is 11.7 Å². The van der Waals surface area contributed by atoms with Crippen molar-refractivity contribution in [2.24, 2.45) is 0 Å². The first-order valence-corrected chi connectivity index (χ1v) is 9.69. The molecule has 152 valence electrons. The summed E-state index contributed by atoms with van der Waals surface area (Å²) < 4.78 is 5.30. The van der Waals surface area contributed by atoms with Crippen LogP contribution in [0.3, 0.4) is 0 Å². The maximum atomic E-state index is 12.8. The van der Waals surface area contributed by atoms with E-state index in [1.165, 1.54) is 4.90 Å². The number of ether oxygens (including phenoxy) is 1. The van der Waals surface area contributed by atoms with Crippen molar-refractivity contribution in [2.75, 3.05) is 26.4 Å². The molecule has 29 heavy (non-hydrogen) atoms. The van der Waals surface area contributed by atoms with Crippen LogP contribution in [0.25, 0.3) is 5.76 Å². The fourth-order valence-corrected chi connectivity index (χ4v) is 3.47. The summed E-state index contributed by atoms with van der Waals surface area (Å²) in [6.45, 7) is 2.45. The van der Waals surface area contributed by atoms with Crippen molar-refractivity contribution in [3.05, 3.63) is 76.9 Å². The Morgan fingerprint density at radius 1 is 1.03 bits per heavy atom. The molecule has 2 N–H and O–H groups in total. The van der Waals surface area contributed by atoms with Crippen molar-refractivity contribution in [1.29, 1.82) is 0 Å². The summed E-state index contributed by atoms with van der Waals surface area (Å²) in [6, 6.07) is 15.7. The van der Waals surface area contributed by atoms with E-state index in [0.717, 1.165) is 17.5 Å². The summed E-state index contributed by atoms with van der Waals surface area (Å²) in [4.78, 5) is 27.0. The Kier molecular flexibility index (Phi) is 6.80. The molecule has 0 saturated carbocycles. The summed E-state index contributed by atoms with van der Waals surface area (Å²) in [7, 11) is 0. The van der Waals surface area contributed by atoms with E-state index in [-0.39, 0.29) is 37.7 Å². The first kappa shape index (κ1) is 20.8. The predicted octanol–water partition coefficient (Wildman–Crippen LogP) is 2.68. The smallest absolute Gasteiger partial charge is 0.295 e. The molecule has 1 amide bonds. The molecule has 1 fully saturated rings. The zero-order valence-corrected chi connectivity index (χ0v) is 16.4. The van der Waals surface area contributed by atoms with E-state index < -0.39 is 17.7 Å². The largest absolute Gasteiger partial charge is 0.507 e. The van der Waals surface area contributed by atoms with Crippen LogP contribution in [-0.4, -0.2) is 53.2 Å². The molecule has 3 rings (SSSR count). The highest BCUT2D eigenvalue weighted by Crippen LogP contribution is 2.39. The van der Waals surface area contributed by atoms with Gasteiger partial charge in [0, 0.05) is 12.1 Å². The summed E-state index contributed by atoms with van der Waals surface area (Å²) in [6.07, 6.45) is 0.874. The quantitative estimate of drug-likeness (QED) is 0.311. The van der Waals surface area contributed by atoms with E-state index in [1.807, 2.05) is 30.3 Å². The van der Waals surface area contributed by atoms with Crippen LogP contribution < -0.4 is 0 Å². The fraction of sp³-hybridized carbons (Fsp3) is 0.304. The highest BCUT2D eigenvalue weighted by molar-refractivity contribution is 6.46. The predicted molar refractivity (Wildman–Crippen MR) is 109 cm³/mol. The number of aliphatic hydroxyl groups excluding tert-OH is 2. The van der Waals surface area contributed by atoms with E-state index in [2.05, 4.69) is 6.92 Å². The molecule has 0 bridgehead atoms. The third-order valence-electron chi connectivity index (χ3n) is 5.00. The zero-order valence-electron chi connectivity index (χ0n) is 16.4. The Morgan fingerprint density at radius 2 is 1.72 bits per heavy atom. The second kappa shape index (κ2) is 9.49. The number of Topliss-reactive ketones (excluding diaryl/α,β-unsaturated/α-hetero) is 1. The number of benzene rings is 2. The maximum Gasteiger partial charge on any atom is 0.295 e. The van der Waals surface area contributed by atoms with Crippen LogP contribution in [0.5, 0.6) is 0 Å². The van der Waals surface area contributed by atoms with Crippen molar-refractivity contribution in [3.63, 3.8) is 0 Å². The Bertz CT molecular complexity index is 889. The van der Waals surface area contributed by atoms with Gasteiger partial charge < -0.3 is 19.8 Å². The monoisotopic (exact) mass is 395 g/mol. The van der Waals surface area contributed by atoms with Crippen LogP contribution in [0, 0.1) is 0 Å². The second-order valence-electron chi connectivity index (χ2n) is 6.79. The molecule has 6 nitrogen and oxygen atoms in total. The molecule has 2 aromatic carbocycles. The summed E-state index contributed by atoms with van der Waals surface area (Å²) in [5.41, 5.74) is 2.45. The first-order valence-electron chi connectivity index (χ1n) is 9.69. The normalized spacial score (nSPS) is 18.4. The number of carbonyl (C=O) groups excluding carboxylic acids is 2. The number of ketones is 1. The van der Waals surface area contributed by atoms with E-state index in [9.17, 15) is 14.7 Å². The number of nitrogens with zero attached hydrogens (tertiary/aromatic N) is 1. The molecule has 0 aromatic heterocycles. The minimum atomic E-state index is -0.710. The highest BCUT2D eigenvalue weighted by atomic mass is 16.5. The van der Waals surface area contributed by atoms with Crippen LogP contribution >= 0.6 is 0 Å². The number of hydrogen-bond acceptors (Lipinski definition) is 5. The number of rotatable bonds is 8. The van der Waals surface area contributed by atoms with E-state index in [1.54, 1.807) is 24.3 Å². The third-order valence-corrected chi connectivity index (χ3v) is 5.00. The Morgan fingerprint density at radius 3 is 2.34 bits per heavy atom. The molecule has 2 aromatic rings. The van der Waals surface area contributed by atoms with Gasteiger partial charge in [0.2, 0.25) is 0 Å². The Balaban J connectivity index is 2.04. The molecule has 0 radical (unpaired) electrons. The van der Waals surface area contributed by atoms with E-state index in [4.69, 9.17) is 9.84 Å². The van der Waals surface area contributed by atoms with Crippen LogP contribution in [0.1, 0.15) is 29.7 Å². The molecular formula is C23H25NO5. The van der Waals surface area contributed by atoms with Crippen molar-refractivity contribution in [2.45, 2.75) is 19.4 Å². The number of amides is 1. The lowest BCUT2D eigenvalue weighted by molar-refractivity contribution is -0.140. The molecule has 6 heteroatoms. The van der Waals surface area contributed by atoms with Crippen molar-refractivity contribution >= 4 is 17.4 Å². The Labute approximate surface area is 170 Å². The Hall–Kier alpha value is -2.96. The zero-order chi connectivity index (χ0) is 20.8. The third kappa shape index (κ3) is 4.39. The molecule has 1 aliphatic heterocycles. The minimum Gasteiger partial charge on any atom is -0.507 e. The lowest BCUT2D eigenvalue weighted by Gasteiger charge is -2.25. The van der Waals surface area contributed by atoms with Gasteiger partial charge in [0.1, 0.15) is 5.76 Å². The average molecular weight is 395 g/mol. The lowest BCUT2D eigenvalue weighted by atomic mass is 9.94. The molecule has 0 spiro atoms. The standard InChI is InChI=1S/C23H25NO5/c1-2-16-8-10-17(11-9-16)20-19(21(26)18-6-4-3-5-7-18)22(27)23(28)24(20)12-14-29-15-13-25/h3-11,20,25-26H,2,12-15H2,1H3/b21-19+. The number of carbonyl (C=O) groups is 2. The van der Waals surface area contributed by atoms with E-state index >= 15 is 0 Å². The SMILES string of the molecule is CCc1ccc(C2/C(=C(\O)c3ccccc3)C(=O)C(=O)N2CCOCCO)cc1. The second-order valence-corrected chi connectivity index (χ2v) is 6.79. The number of aliphatic hydroxyl groups is 2. The molecule has 1 atom stereocenters. The number of aryl methyl sites for hydroxylation is 1. The average Bonchev–Trinajstić information content (AvgIpc) is 3.01. The van der Waals surface area contributed by atoms with Gasteiger partial charge in [0.15, 0.2) is 0 Å². The fourth-order valence-electron chi connectivity index (χ4n) is 3.47. The van der Waals surface area contributed by atoms with Gasteiger partial charge in [-0.3, -0.25) is 9.59 Å². The van der Waals surface area contributed by atoms with Gasteiger partial charge in [-0.15, -0.1) is 0 Å². The molecule has 1 heterocycles.